The van der Waals surface area contributed by atoms with Gasteiger partial charge in [0.15, 0.2) is 23.0 Å². The number of aliphatic hydroxyl groups excluding tert-OH is 2. The van der Waals surface area contributed by atoms with E-state index in [9.17, 15) is 19.8 Å². The molecule has 1 heterocycles. The van der Waals surface area contributed by atoms with Crippen LogP contribution < -0.4 is 0 Å². The number of hydrogen-bond donors (Lipinski definition) is 2. The summed E-state index contributed by atoms with van der Waals surface area (Å²) < 4.78 is 29.3. The van der Waals surface area contributed by atoms with Gasteiger partial charge in [0.1, 0.15) is 12.3 Å². The Morgan fingerprint density at radius 1 is 1.28 bits per heavy atom. The number of carbonyl (C=O) groups is 2. The fourth-order valence-electron chi connectivity index (χ4n) is 7.26. The molecule has 32 heavy (non-hydrogen) atoms. The lowest BCUT2D eigenvalue weighted by molar-refractivity contribution is -0.237. The van der Waals surface area contributed by atoms with E-state index < -0.39 is 58.9 Å². The van der Waals surface area contributed by atoms with Crippen molar-refractivity contribution in [2.24, 2.45) is 23.2 Å². The molecule has 178 valence electrons. The maximum Gasteiger partial charge on any atom is 0.193 e. The summed E-state index contributed by atoms with van der Waals surface area (Å²) in [4.78, 5) is 25.3. The molecule has 0 spiro atoms. The average molecular weight is 451 g/mol. The van der Waals surface area contributed by atoms with Gasteiger partial charge in [0.2, 0.25) is 0 Å². The van der Waals surface area contributed by atoms with Crippen LogP contribution in [-0.2, 0) is 19.1 Å². The molecule has 8 atom stereocenters. The average Bonchev–Trinajstić information content (AvgIpc) is 3.11. The van der Waals surface area contributed by atoms with Crippen molar-refractivity contribution >= 4 is 11.6 Å². The number of carbonyl (C=O) groups excluding carboxylic acids is 2. The maximum atomic E-state index is 16.9. The summed E-state index contributed by atoms with van der Waals surface area (Å²) in [7, 11) is 0. The normalized spacial score (nSPS) is 50.6. The summed E-state index contributed by atoms with van der Waals surface area (Å²) in [6, 6.07) is 0. The van der Waals surface area contributed by atoms with Crippen molar-refractivity contribution < 1.29 is 33.7 Å². The van der Waals surface area contributed by atoms with Crippen LogP contribution in [0, 0.1) is 23.2 Å². The van der Waals surface area contributed by atoms with E-state index in [1.807, 2.05) is 13.8 Å². The molecule has 1 saturated heterocycles. The number of rotatable bonds is 2. The summed E-state index contributed by atoms with van der Waals surface area (Å²) in [6.07, 6.45) is 3.89. The maximum absolute atomic E-state index is 16.9. The third-order valence-electron chi connectivity index (χ3n) is 8.65. The van der Waals surface area contributed by atoms with E-state index in [1.54, 1.807) is 32.9 Å². The minimum Gasteiger partial charge on any atom is -0.390 e. The first-order chi connectivity index (χ1) is 14.8. The molecule has 1 aliphatic heterocycles. The number of halogens is 1. The second-order valence-electron chi connectivity index (χ2n) is 10.9. The van der Waals surface area contributed by atoms with Crippen molar-refractivity contribution in [3.63, 3.8) is 0 Å². The number of Topliss-reactive ketones (excluding diaryl/α,β-unsaturated/α-hetero) is 1. The number of ether oxygens (including phenoxy) is 2. The highest BCUT2D eigenvalue weighted by molar-refractivity contribution is 5.99. The molecule has 6 nitrogen and oxygen atoms in total. The molecule has 0 aromatic carbocycles. The van der Waals surface area contributed by atoms with Gasteiger partial charge in [-0.1, -0.05) is 25.5 Å². The van der Waals surface area contributed by atoms with E-state index >= 15 is 4.39 Å². The number of alkyl halides is 1. The standard InChI is InChI=1S/C25H35FO6/c1-14-6-9-17-18-11-21-25(20(30)13-27,32-22(3,4)31-21)23(18,5)12-19(29)24(17,26)15(2)7-8-16(28)10-14/h7-8,10,15,17-19,21,27,29H,6,9,11-13H2,1-5H3/b8-7-,14-10+/t15-,17-,18-,19-,21+,23-,24-,25+/m0/s1. The van der Waals surface area contributed by atoms with Gasteiger partial charge in [-0.15, -0.1) is 0 Å². The Kier molecular flexibility index (Phi) is 5.60. The predicted octanol–water partition coefficient (Wildman–Crippen LogP) is 3.05. The zero-order valence-corrected chi connectivity index (χ0v) is 19.6. The molecule has 2 N–H and O–H groups in total. The topological polar surface area (TPSA) is 93.1 Å². The van der Waals surface area contributed by atoms with E-state index in [0.717, 1.165) is 5.57 Å². The van der Waals surface area contributed by atoms with Crippen LogP contribution in [0.2, 0.25) is 0 Å². The Morgan fingerprint density at radius 2 is 1.97 bits per heavy atom. The fourth-order valence-corrected chi connectivity index (χ4v) is 7.26. The number of allylic oxidation sites excluding steroid dienone is 4. The van der Waals surface area contributed by atoms with Crippen LogP contribution in [0.4, 0.5) is 4.39 Å². The van der Waals surface area contributed by atoms with Gasteiger partial charge in [0, 0.05) is 11.3 Å². The second-order valence-corrected chi connectivity index (χ2v) is 10.9. The number of fused-ring (bicyclic) bond motifs is 5. The van der Waals surface area contributed by atoms with Crippen LogP contribution in [0.5, 0.6) is 0 Å². The van der Waals surface area contributed by atoms with Gasteiger partial charge >= 0.3 is 0 Å². The Morgan fingerprint density at radius 3 is 2.62 bits per heavy atom. The van der Waals surface area contributed by atoms with Crippen LogP contribution in [-0.4, -0.2) is 57.7 Å². The quantitative estimate of drug-likeness (QED) is 0.672. The number of ketones is 2. The highest BCUT2D eigenvalue weighted by atomic mass is 19.1. The van der Waals surface area contributed by atoms with Gasteiger partial charge in [0.25, 0.3) is 0 Å². The van der Waals surface area contributed by atoms with Crippen molar-refractivity contribution in [3.05, 3.63) is 23.8 Å². The van der Waals surface area contributed by atoms with Crippen molar-refractivity contribution in [3.8, 4) is 0 Å². The van der Waals surface area contributed by atoms with Gasteiger partial charge in [0.05, 0.1) is 12.2 Å². The minimum absolute atomic E-state index is 0.00724. The Labute approximate surface area is 188 Å². The molecule has 2 saturated carbocycles. The third-order valence-corrected chi connectivity index (χ3v) is 8.65. The number of hydrogen-bond acceptors (Lipinski definition) is 6. The van der Waals surface area contributed by atoms with E-state index in [2.05, 4.69) is 0 Å². The Hall–Kier alpha value is -1.41. The Balaban J connectivity index is 1.84. The van der Waals surface area contributed by atoms with E-state index in [4.69, 9.17) is 9.47 Å². The summed E-state index contributed by atoms with van der Waals surface area (Å²) in [5, 5.41) is 21.1. The molecule has 7 heteroatoms. The van der Waals surface area contributed by atoms with E-state index in [-0.39, 0.29) is 18.1 Å². The van der Waals surface area contributed by atoms with Crippen LogP contribution in [0.1, 0.15) is 60.3 Å². The SMILES string of the molecule is C/C1=C\C(=O)/C=C\[C@H](C)[C@@]2(F)[C@@H](O)C[C@@]3(C)[C@@H](C[C@H]4OC(C)(C)O[C@]43C(=O)CO)[C@@H]2CC1. The highest BCUT2D eigenvalue weighted by Crippen LogP contribution is 2.68. The second kappa shape index (κ2) is 7.55. The van der Waals surface area contributed by atoms with Crippen LogP contribution in [0.3, 0.4) is 0 Å². The monoisotopic (exact) mass is 450 g/mol. The first-order valence-electron chi connectivity index (χ1n) is 11.6. The molecule has 3 fully saturated rings. The van der Waals surface area contributed by atoms with Gasteiger partial charge in [-0.3, -0.25) is 9.59 Å². The minimum atomic E-state index is -1.96. The first kappa shape index (κ1) is 23.7. The first-order valence-corrected chi connectivity index (χ1v) is 11.6. The van der Waals surface area contributed by atoms with Crippen molar-refractivity contribution in [2.75, 3.05) is 6.61 Å². The molecule has 4 aliphatic rings. The largest absolute Gasteiger partial charge is 0.390 e. The van der Waals surface area contributed by atoms with Crippen molar-refractivity contribution in [2.45, 2.75) is 89.6 Å². The molecule has 0 aromatic heterocycles. The lowest BCUT2D eigenvalue weighted by atomic mass is 9.51. The van der Waals surface area contributed by atoms with E-state index in [1.165, 1.54) is 6.08 Å². The molecule has 0 aromatic rings. The van der Waals surface area contributed by atoms with Crippen LogP contribution in [0.25, 0.3) is 0 Å². The summed E-state index contributed by atoms with van der Waals surface area (Å²) in [6.45, 7) is 8.19. The van der Waals surface area contributed by atoms with Gasteiger partial charge < -0.3 is 19.7 Å². The predicted molar refractivity (Wildman–Crippen MR) is 115 cm³/mol. The molecular formula is C25H35FO6. The highest BCUT2D eigenvalue weighted by Gasteiger charge is 2.77. The number of aliphatic hydroxyl groups is 2. The zero-order chi connectivity index (χ0) is 23.7. The van der Waals surface area contributed by atoms with Crippen LogP contribution in [0.15, 0.2) is 23.8 Å². The molecular weight excluding hydrogens is 415 g/mol. The lowest BCUT2D eigenvalue weighted by Gasteiger charge is -2.57. The molecule has 0 amide bonds. The summed E-state index contributed by atoms with van der Waals surface area (Å²) >= 11 is 0. The molecule has 4 rings (SSSR count). The zero-order valence-electron chi connectivity index (χ0n) is 19.6. The molecule has 0 radical (unpaired) electrons. The Bertz CT molecular complexity index is 880. The van der Waals surface area contributed by atoms with Crippen molar-refractivity contribution in [1.82, 2.24) is 0 Å². The van der Waals surface area contributed by atoms with Crippen molar-refractivity contribution in [1.29, 1.82) is 0 Å². The van der Waals surface area contributed by atoms with Crippen LogP contribution >= 0.6 is 0 Å². The van der Waals surface area contributed by atoms with Gasteiger partial charge in [-0.05, 0) is 70.4 Å². The third kappa shape index (κ3) is 3.11. The summed E-state index contributed by atoms with van der Waals surface area (Å²) in [5.41, 5.74) is -3.46. The lowest BCUT2D eigenvalue weighted by Crippen LogP contribution is -2.66. The smallest absolute Gasteiger partial charge is 0.193 e. The molecule has 3 aliphatic carbocycles. The van der Waals surface area contributed by atoms with Gasteiger partial charge in [-0.2, -0.15) is 0 Å². The van der Waals surface area contributed by atoms with E-state index in [0.29, 0.717) is 19.3 Å². The fraction of sp³-hybridized carbons (Fsp3) is 0.760. The molecule has 0 bridgehead atoms. The van der Waals surface area contributed by atoms with Gasteiger partial charge in [-0.25, -0.2) is 4.39 Å². The summed E-state index contributed by atoms with van der Waals surface area (Å²) in [5.74, 6) is -3.25. The molecule has 0 unspecified atom stereocenters.